The van der Waals surface area contributed by atoms with E-state index in [1.165, 1.54) is 25.7 Å². The van der Waals surface area contributed by atoms with E-state index in [9.17, 15) is 4.79 Å². The molecule has 1 atom stereocenters. The van der Waals surface area contributed by atoms with Crippen molar-refractivity contribution in [1.82, 2.24) is 10.2 Å². The molecule has 0 aromatic carbocycles. The van der Waals surface area contributed by atoms with Crippen molar-refractivity contribution in [3.05, 3.63) is 0 Å². The van der Waals surface area contributed by atoms with Gasteiger partial charge < -0.3 is 16.0 Å². The number of nitrogens with zero attached hydrogens (tertiary/aromatic N) is 1. The standard InChI is InChI=1S/C9H17N3O/c10-5-7-6-12(9(13)11-7)8-3-1-2-4-8/h7-8H,1-6,10H2,(H,11,13). The van der Waals surface area contributed by atoms with Gasteiger partial charge in [-0.05, 0) is 12.8 Å². The van der Waals surface area contributed by atoms with Crippen LogP contribution in [0.2, 0.25) is 0 Å². The fraction of sp³-hybridized carbons (Fsp3) is 0.889. The van der Waals surface area contributed by atoms with Crippen LogP contribution < -0.4 is 11.1 Å². The molecule has 0 aromatic heterocycles. The second-order valence-electron chi connectivity index (χ2n) is 3.97. The van der Waals surface area contributed by atoms with Crippen molar-refractivity contribution in [2.75, 3.05) is 13.1 Å². The minimum Gasteiger partial charge on any atom is -0.332 e. The zero-order valence-electron chi connectivity index (χ0n) is 7.83. The molecule has 4 heteroatoms. The van der Waals surface area contributed by atoms with Crippen molar-refractivity contribution in [2.24, 2.45) is 5.73 Å². The second-order valence-corrected chi connectivity index (χ2v) is 3.97. The van der Waals surface area contributed by atoms with E-state index in [-0.39, 0.29) is 12.1 Å². The average Bonchev–Trinajstić information content (AvgIpc) is 2.72. The number of carbonyl (C=O) groups is 1. The second kappa shape index (κ2) is 3.54. The third-order valence-electron chi connectivity index (χ3n) is 3.06. The highest BCUT2D eigenvalue weighted by Crippen LogP contribution is 2.25. The van der Waals surface area contributed by atoms with Crippen molar-refractivity contribution in [3.63, 3.8) is 0 Å². The van der Waals surface area contributed by atoms with Gasteiger partial charge in [0.1, 0.15) is 0 Å². The van der Waals surface area contributed by atoms with Gasteiger partial charge in [-0.25, -0.2) is 4.79 Å². The summed E-state index contributed by atoms with van der Waals surface area (Å²) in [5, 5.41) is 2.89. The molecule has 1 unspecified atom stereocenters. The van der Waals surface area contributed by atoms with Gasteiger partial charge >= 0.3 is 6.03 Å². The highest BCUT2D eigenvalue weighted by Gasteiger charge is 2.34. The number of urea groups is 1. The summed E-state index contributed by atoms with van der Waals surface area (Å²) in [6, 6.07) is 0.743. The molecule has 1 saturated heterocycles. The Morgan fingerprint density at radius 2 is 2.15 bits per heavy atom. The lowest BCUT2D eigenvalue weighted by Gasteiger charge is -2.22. The zero-order valence-corrected chi connectivity index (χ0v) is 7.83. The Morgan fingerprint density at radius 1 is 1.46 bits per heavy atom. The van der Waals surface area contributed by atoms with Crippen molar-refractivity contribution in [1.29, 1.82) is 0 Å². The smallest absolute Gasteiger partial charge is 0.318 e. The first-order valence-electron chi connectivity index (χ1n) is 5.08. The molecule has 2 rings (SSSR count). The van der Waals surface area contributed by atoms with E-state index < -0.39 is 0 Å². The van der Waals surface area contributed by atoms with Gasteiger partial charge in [-0.3, -0.25) is 0 Å². The highest BCUT2D eigenvalue weighted by molar-refractivity contribution is 5.77. The molecule has 1 aliphatic carbocycles. The molecule has 0 spiro atoms. The van der Waals surface area contributed by atoms with Gasteiger partial charge in [0.25, 0.3) is 0 Å². The molecule has 1 heterocycles. The number of hydrogen-bond acceptors (Lipinski definition) is 2. The summed E-state index contributed by atoms with van der Waals surface area (Å²) in [4.78, 5) is 13.5. The van der Waals surface area contributed by atoms with Crippen LogP contribution in [0.15, 0.2) is 0 Å². The predicted molar refractivity (Wildman–Crippen MR) is 50.3 cm³/mol. The zero-order chi connectivity index (χ0) is 9.26. The number of amides is 2. The average molecular weight is 183 g/mol. The van der Waals surface area contributed by atoms with E-state index in [1.807, 2.05) is 4.90 Å². The molecule has 0 bridgehead atoms. The third kappa shape index (κ3) is 1.63. The Morgan fingerprint density at radius 3 is 2.69 bits per heavy atom. The first-order chi connectivity index (χ1) is 6.31. The Bertz CT molecular complexity index is 201. The number of nitrogens with one attached hydrogen (secondary N) is 1. The first kappa shape index (κ1) is 8.81. The predicted octanol–water partition coefficient (Wildman–Crippen LogP) is 0.281. The Hall–Kier alpha value is -0.770. The topological polar surface area (TPSA) is 58.4 Å². The van der Waals surface area contributed by atoms with Crippen LogP contribution in [-0.2, 0) is 0 Å². The largest absolute Gasteiger partial charge is 0.332 e. The molecule has 1 aliphatic heterocycles. The molecular weight excluding hydrogens is 166 g/mol. The summed E-state index contributed by atoms with van der Waals surface area (Å²) in [5.74, 6) is 0. The van der Waals surface area contributed by atoms with E-state index in [1.54, 1.807) is 0 Å². The fourth-order valence-electron chi connectivity index (χ4n) is 2.29. The summed E-state index contributed by atoms with van der Waals surface area (Å²) >= 11 is 0. The van der Waals surface area contributed by atoms with E-state index in [4.69, 9.17) is 5.73 Å². The lowest BCUT2D eigenvalue weighted by atomic mass is 10.2. The minimum atomic E-state index is 0.0855. The van der Waals surface area contributed by atoms with Gasteiger partial charge in [0.2, 0.25) is 0 Å². The molecule has 2 amide bonds. The van der Waals surface area contributed by atoms with Crippen molar-refractivity contribution < 1.29 is 4.79 Å². The molecule has 3 N–H and O–H groups in total. The summed E-state index contributed by atoms with van der Waals surface area (Å²) < 4.78 is 0. The van der Waals surface area contributed by atoms with Gasteiger partial charge in [0.15, 0.2) is 0 Å². The normalized spacial score (nSPS) is 29.8. The van der Waals surface area contributed by atoms with E-state index in [0.717, 1.165) is 6.54 Å². The molecule has 0 aromatic rings. The van der Waals surface area contributed by atoms with Crippen molar-refractivity contribution in [2.45, 2.75) is 37.8 Å². The maximum Gasteiger partial charge on any atom is 0.318 e. The maximum absolute atomic E-state index is 11.5. The van der Waals surface area contributed by atoms with Gasteiger partial charge in [0.05, 0.1) is 6.04 Å². The fourth-order valence-corrected chi connectivity index (χ4v) is 2.29. The summed E-state index contributed by atoms with van der Waals surface area (Å²) in [5.41, 5.74) is 5.52. The van der Waals surface area contributed by atoms with E-state index in [0.29, 0.717) is 12.6 Å². The molecule has 2 fully saturated rings. The Labute approximate surface area is 78.5 Å². The van der Waals surface area contributed by atoms with Crippen LogP contribution in [0.4, 0.5) is 4.79 Å². The van der Waals surface area contributed by atoms with Crippen LogP contribution >= 0.6 is 0 Å². The highest BCUT2D eigenvalue weighted by atomic mass is 16.2. The summed E-state index contributed by atoms with van der Waals surface area (Å²) in [6.45, 7) is 1.36. The third-order valence-corrected chi connectivity index (χ3v) is 3.06. The number of nitrogens with two attached hydrogens (primary N) is 1. The van der Waals surface area contributed by atoms with Crippen LogP contribution in [0.5, 0.6) is 0 Å². The Balaban J connectivity index is 1.95. The quantitative estimate of drug-likeness (QED) is 0.646. The lowest BCUT2D eigenvalue weighted by molar-refractivity contribution is 0.198. The molecule has 74 valence electrons. The molecule has 4 nitrogen and oxygen atoms in total. The number of hydrogen-bond donors (Lipinski definition) is 2. The summed E-state index contributed by atoms with van der Waals surface area (Å²) in [7, 11) is 0. The maximum atomic E-state index is 11.5. The monoisotopic (exact) mass is 183 g/mol. The van der Waals surface area contributed by atoms with Crippen LogP contribution in [-0.4, -0.2) is 36.1 Å². The van der Waals surface area contributed by atoms with E-state index >= 15 is 0 Å². The SMILES string of the molecule is NCC1CN(C2CCCC2)C(=O)N1. The molecule has 1 saturated carbocycles. The minimum absolute atomic E-state index is 0.0855. The molecule has 2 aliphatic rings. The van der Waals surface area contributed by atoms with Crippen LogP contribution in [0.3, 0.4) is 0 Å². The Kier molecular flexibility index (Phi) is 2.40. The van der Waals surface area contributed by atoms with Crippen molar-refractivity contribution >= 4 is 6.03 Å². The number of rotatable bonds is 2. The van der Waals surface area contributed by atoms with Gasteiger partial charge in [0, 0.05) is 19.1 Å². The summed E-state index contributed by atoms with van der Waals surface area (Å²) in [6.07, 6.45) is 4.87. The van der Waals surface area contributed by atoms with Crippen LogP contribution in [0.25, 0.3) is 0 Å². The first-order valence-corrected chi connectivity index (χ1v) is 5.08. The van der Waals surface area contributed by atoms with Gasteiger partial charge in [-0.15, -0.1) is 0 Å². The van der Waals surface area contributed by atoms with Crippen molar-refractivity contribution in [3.8, 4) is 0 Å². The molecular formula is C9H17N3O. The van der Waals surface area contributed by atoms with Crippen LogP contribution in [0.1, 0.15) is 25.7 Å². The molecule has 0 radical (unpaired) electrons. The van der Waals surface area contributed by atoms with Crippen LogP contribution in [0, 0.1) is 0 Å². The van der Waals surface area contributed by atoms with Gasteiger partial charge in [-0.2, -0.15) is 0 Å². The number of carbonyl (C=O) groups excluding carboxylic acids is 1. The van der Waals surface area contributed by atoms with Gasteiger partial charge in [-0.1, -0.05) is 12.8 Å². The lowest BCUT2D eigenvalue weighted by Crippen LogP contribution is -2.36. The van der Waals surface area contributed by atoms with E-state index in [2.05, 4.69) is 5.32 Å². The molecule has 13 heavy (non-hydrogen) atoms.